The third-order valence-electron chi connectivity index (χ3n) is 5.45. The van der Waals surface area contributed by atoms with Gasteiger partial charge in [0.15, 0.2) is 5.13 Å². The Morgan fingerprint density at radius 2 is 2.08 bits per heavy atom. The highest BCUT2D eigenvalue weighted by Crippen LogP contribution is 2.33. The Balaban J connectivity index is 0.00000304. The van der Waals surface area contributed by atoms with Gasteiger partial charge in [-0.2, -0.15) is 0 Å². The Labute approximate surface area is 213 Å². The van der Waals surface area contributed by atoms with Gasteiger partial charge in [0.2, 0.25) is 5.95 Å². The molecule has 0 bridgehead atoms. The van der Waals surface area contributed by atoms with E-state index in [2.05, 4.69) is 30.7 Å². The largest absolute Gasteiger partial charge is 0.573 e. The fourth-order valence-electron chi connectivity index (χ4n) is 3.76. The van der Waals surface area contributed by atoms with Gasteiger partial charge in [-0.05, 0) is 30.3 Å². The summed E-state index contributed by atoms with van der Waals surface area (Å²) in [6.45, 7) is 2.53. The second-order valence-corrected chi connectivity index (χ2v) is 8.96. The number of hydrogen-bond donors (Lipinski definition) is 3. The zero-order valence-corrected chi connectivity index (χ0v) is 20.5. The molecule has 0 aliphatic carbocycles. The van der Waals surface area contributed by atoms with E-state index in [9.17, 15) is 18.0 Å². The number of aromatic nitrogens is 3. The van der Waals surface area contributed by atoms with Gasteiger partial charge < -0.3 is 30.0 Å². The highest BCUT2D eigenvalue weighted by atomic mass is 35.5. The summed E-state index contributed by atoms with van der Waals surface area (Å²) in [5, 5.41) is 9.67. The van der Waals surface area contributed by atoms with E-state index in [0.29, 0.717) is 52.1 Å². The van der Waals surface area contributed by atoms with Crippen LogP contribution in [0.4, 0.5) is 24.3 Å². The minimum atomic E-state index is -4.76. The molecule has 1 fully saturated rings. The summed E-state index contributed by atoms with van der Waals surface area (Å²) in [7, 11) is 1.81. The van der Waals surface area contributed by atoms with Crippen LogP contribution >= 0.6 is 23.7 Å². The summed E-state index contributed by atoms with van der Waals surface area (Å²) < 4.78 is 49.4. The standard InChI is InChI=1S/C22H21F3N6O3S.ClH/c1-31-17-5-2-12(19(32)27-11-14-10-26-6-7-33-14)8-16(17)28-20(31)30-21-29-15-4-3-13(9-18(15)35-21)34-22(23,24)25;/h2-5,8-9,14,26H,6-7,10-11H2,1H3,(H,27,32)(H,28,29,30);1H. The van der Waals surface area contributed by atoms with Crippen molar-refractivity contribution in [1.82, 2.24) is 25.2 Å². The topological polar surface area (TPSA) is 102 Å². The molecular weight excluding hydrogens is 521 g/mol. The second-order valence-electron chi connectivity index (χ2n) is 7.93. The van der Waals surface area contributed by atoms with Gasteiger partial charge in [0.25, 0.3) is 5.91 Å². The highest BCUT2D eigenvalue weighted by Gasteiger charge is 2.31. The van der Waals surface area contributed by atoms with Crippen LogP contribution in [0.1, 0.15) is 10.4 Å². The molecule has 1 atom stereocenters. The molecule has 0 saturated carbocycles. The number of thiazole rings is 1. The molecule has 1 saturated heterocycles. The molecular formula is C22H22ClF3N6O3S. The molecule has 0 spiro atoms. The summed E-state index contributed by atoms with van der Waals surface area (Å²) in [5.74, 6) is -0.0469. The minimum Gasteiger partial charge on any atom is -0.406 e. The first kappa shape index (κ1) is 25.9. The lowest BCUT2D eigenvalue weighted by molar-refractivity contribution is -0.274. The van der Waals surface area contributed by atoms with Crippen LogP contribution in [0.15, 0.2) is 36.4 Å². The maximum absolute atomic E-state index is 12.6. The molecule has 3 N–H and O–H groups in total. The number of carbonyl (C=O) groups is 1. The molecule has 4 aromatic rings. The summed E-state index contributed by atoms with van der Waals surface area (Å²) >= 11 is 1.18. The van der Waals surface area contributed by atoms with Gasteiger partial charge >= 0.3 is 6.36 Å². The molecule has 5 rings (SSSR count). The number of rotatable bonds is 6. The van der Waals surface area contributed by atoms with Gasteiger partial charge in [-0.1, -0.05) is 11.3 Å². The van der Waals surface area contributed by atoms with E-state index in [1.165, 1.54) is 29.5 Å². The van der Waals surface area contributed by atoms with Crippen molar-refractivity contribution in [1.29, 1.82) is 0 Å². The van der Waals surface area contributed by atoms with E-state index in [0.717, 1.165) is 12.1 Å². The number of fused-ring (bicyclic) bond motifs is 2. The number of hydrogen-bond acceptors (Lipinski definition) is 8. The van der Waals surface area contributed by atoms with Crippen molar-refractivity contribution >= 4 is 62.0 Å². The number of carbonyl (C=O) groups excluding carboxylic acids is 1. The maximum atomic E-state index is 12.6. The molecule has 9 nitrogen and oxygen atoms in total. The maximum Gasteiger partial charge on any atom is 0.573 e. The first-order chi connectivity index (χ1) is 16.7. The van der Waals surface area contributed by atoms with Crippen LogP contribution in [-0.4, -0.2) is 59.1 Å². The van der Waals surface area contributed by atoms with Gasteiger partial charge in [-0.25, -0.2) is 9.97 Å². The molecule has 192 valence electrons. The average molecular weight is 543 g/mol. The number of ether oxygens (including phenoxy) is 2. The Hall–Kier alpha value is -3.13. The van der Waals surface area contributed by atoms with Gasteiger partial charge in [0.1, 0.15) is 5.75 Å². The number of benzene rings is 2. The molecule has 1 unspecified atom stereocenters. The lowest BCUT2D eigenvalue weighted by Gasteiger charge is -2.23. The smallest absolute Gasteiger partial charge is 0.406 e. The minimum absolute atomic E-state index is 0. The molecule has 1 amide bonds. The van der Waals surface area contributed by atoms with Crippen molar-refractivity contribution in [3.05, 3.63) is 42.0 Å². The lowest BCUT2D eigenvalue weighted by atomic mass is 10.2. The van der Waals surface area contributed by atoms with Crippen molar-refractivity contribution in [2.75, 3.05) is 31.6 Å². The van der Waals surface area contributed by atoms with E-state index in [1.807, 2.05) is 11.6 Å². The first-order valence-corrected chi connectivity index (χ1v) is 11.6. The molecule has 0 radical (unpaired) electrons. The van der Waals surface area contributed by atoms with Crippen LogP contribution < -0.4 is 20.7 Å². The van der Waals surface area contributed by atoms with Crippen LogP contribution in [0.25, 0.3) is 21.3 Å². The Morgan fingerprint density at radius 3 is 2.83 bits per heavy atom. The molecule has 1 aliphatic heterocycles. The quantitative estimate of drug-likeness (QED) is 0.339. The van der Waals surface area contributed by atoms with Gasteiger partial charge in [0, 0.05) is 38.3 Å². The fourth-order valence-corrected chi connectivity index (χ4v) is 4.65. The zero-order chi connectivity index (χ0) is 24.6. The Morgan fingerprint density at radius 1 is 1.25 bits per heavy atom. The number of imidazole rings is 1. The van der Waals surface area contributed by atoms with Gasteiger partial charge in [-0.3, -0.25) is 4.79 Å². The van der Waals surface area contributed by atoms with Gasteiger partial charge in [-0.15, -0.1) is 25.6 Å². The van der Waals surface area contributed by atoms with Crippen LogP contribution in [0.5, 0.6) is 5.75 Å². The number of nitrogens with zero attached hydrogens (tertiary/aromatic N) is 3. The monoisotopic (exact) mass is 542 g/mol. The van der Waals surface area contributed by atoms with Crippen LogP contribution in [0, 0.1) is 0 Å². The summed E-state index contributed by atoms with van der Waals surface area (Å²) in [5.41, 5.74) is 2.41. The van der Waals surface area contributed by atoms with E-state index >= 15 is 0 Å². The van der Waals surface area contributed by atoms with E-state index in [4.69, 9.17) is 4.74 Å². The van der Waals surface area contributed by atoms with Crippen LogP contribution in [0.2, 0.25) is 0 Å². The summed E-state index contributed by atoms with van der Waals surface area (Å²) in [6.07, 6.45) is -4.82. The van der Waals surface area contributed by atoms with Crippen LogP contribution in [0.3, 0.4) is 0 Å². The predicted molar refractivity (Wildman–Crippen MR) is 132 cm³/mol. The third-order valence-corrected chi connectivity index (χ3v) is 6.38. The number of halogens is 4. The lowest BCUT2D eigenvalue weighted by Crippen LogP contribution is -2.45. The first-order valence-electron chi connectivity index (χ1n) is 10.8. The molecule has 2 aromatic heterocycles. The summed E-state index contributed by atoms with van der Waals surface area (Å²) in [6, 6.07) is 9.21. The number of amides is 1. The van der Waals surface area contributed by atoms with Crippen molar-refractivity contribution in [3.8, 4) is 5.75 Å². The molecule has 3 heterocycles. The fraction of sp³-hybridized carbons (Fsp3) is 0.318. The Kier molecular flexibility index (Phi) is 7.54. The Bertz CT molecular complexity index is 1390. The van der Waals surface area contributed by atoms with Crippen molar-refractivity contribution in [3.63, 3.8) is 0 Å². The molecule has 36 heavy (non-hydrogen) atoms. The predicted octanol–water partition coefficient (Wildman–Crippen LogP) is 3.97. The van der Waals surface area contributed by atoms with Crippen molar-refractivity contribution < 1.29 is 27.4 Å². The van der Waals surface area contributed by atoms with Gasteiger partial charge in [0.05, 0.1) is 34.0 Å². The number of morpholine rings is 1. The highest BCUT2D eigenvalue weighted by molar-refractivity contribution is 7.22. The third kappa shape index (κ3) is 5.81. The van der Waals surface area contributed by atoms with E-state index in [1.54, 1.807) is 18.2 Å². The van der Waals surface area contributed by atoms with Crippen LogP contribution in [-0.2, 0) is 11.8 Å². The number of aryl methyl sites for hydroxylation is 1. The van der Waals surface area contributed by atoms with Crippen molar-refractivity contribution in [2.45, 2.75) is 12.5 Å². The van der Waals surface area contributed by atoms with E-state index < -0.39 is 6.36 Å². The molecule has 1 aliphatic rings. The summed E-state index contributed by atoms with van der Waals surface area (Å²) in [4.78, 5) is 21.6. The normalized spacial score (nSPS) is 16.1. The van der Waals surface area contributed by atoms with E-state index in [-0.39, 0.29) is 30.2 Å². The molecule has 2 aromatic carbocycles. The second kappa shape index (κ2) is 10.5. The molecule has 14 heteroatoms. The SMILES string of the molecule is Cl.Cn1c(Nc2nc3ccc(OC(F)(F)F)cc3s2)nc2cc(C(=O)NCC3CNCCO3)ccc21. The average Bonchev–Trinajstić information content (AvgIpc) is 3.36. The van der Waals surface area contributed by atoms with Crippen molar-refractivity contribution in [2.24, 2.45) is 7.05 Å². The number of anilines is 2. The number of alkyl halides is 3. The zero-order valence-electron chi connectivity index (χ0n) is 18.9. The number of nitrogens with one attached hydrogen (secondary N) is 3.